The average Bonchev–Trinajstić information content (AvgIpc) is 2.22. The van der Waals surface area contributed by atoms with Crippen LogP contribution in [0.2, 0.25) is 0 Å². The van der Waals surface area contributed by atoms with Crippen molar-refractivity contribution >= 4 is 17.4 Å². The number of nitrogen functional groups attached to an aromatic ring is 1. The zero-order valence-corrected chi connectivity index (χ0v) is 10.8. The summed E-state index contributed by atoms with van der Waals surface area (Å²) in [6.45, 7) is 5.57. The monoisotopic (exact) mass is 253 g/mol. The smallest absolute Gasteiger partial charge is 0.242 e. The quantitative estimate of drug-likeness (QED) is 0.680. The first-order valence-corrected chi connectivity index (χ1v) is 5.72. The number of hydrogen-bond donors (Lipinski definition) is 3. The highest BCUT2D eigenvalue weighted by Crippen LogP contribution is 2.26. The fourth-order valence-corrected chi connectivity index (χ4v) is 1.40. The first-order valence-electron chi connectivity index (χ1n) is 5.72. The zero-order valence-electron chi connectivity index (χ0n) is 10.8. The highest BCUT2D eigenvalue weighted by molar-refractivity contribution is 5.75. The Labute approximate surface area is 106 Å². The molecule has 1 unspecified atom stereocenters. The lowest BCUT2D eigenvalue weighted by Crippen LogP contribution is -2.25. The van der Waals surface area contributed by atoms with Crippen LogP contribution in [0.4, 0.5) is 11.5 Å². The van der Waals surface area contributed by atoms with Crippen LogP contribution in [0.25, 0.3) is 0 Å². The molecule has 0 aliphatic rings. The Hall–Kier alpha value is -2.05. The van der Waals surface area contributed by atoms with Gasteiger partial charge in [0.1, 0.15) is 12.0 Å². The molecule has 1 amide bonds. The summed E-state index contributed by atoms with van der Waals surface area (Å²) in [5.41, 5.74) is 11.3. The summed E-state index contributed by atoms with van der Waals surface area (Å²) in [5.74, 6) is 0.379. The minimum Gasteiger partial charge on any atom is -0.473 e. The molecule has 1 atom stereocenters. The van der Waals surface area contributed by atoms with E-state index in [2.05, 4.69) is 15.3 Å². The lowest BCUT2D eigenvalue weighted by Gasteiger charge is -2.16. The van der Waals surface area contributed by atoms with Gasteiger partial charge in [0.05, 0.1) is 6.10 Å². The zero-order chi connectivity index (χ0) is 13.7. The van der Waals surface area contributed by atoms with Gasteiger partial charge in [-0.2, -0.15) is 4.98 Å². The minimum atomic E-state index is -0.388. The summed E-state index contributed by atoms with van der Waals surface area (Å²) in [6.07, 6.45) is 1.52. The Morgan fingerprint density at radius 2 is 2.11 bits per heavy atom. The molecular formula is C11H19N5O2. The number of carbonyl (C=O) groups is 1. The number of nitrogens with two attached hydrogens (primary N) is 2. The van der Waals surface area contributed by atoms with Crippen LogP contribution in [0.3, 0.4) is 0 Å². The number of rotatable bonds is 6. The molecule has 0 saturated heterocycles. The lowest BCUT2D eigenvalue weighted by atomic mass is 10.2. The van der Waals surface area contributed by atoms with Gasteiger partial charge in [-0.1, -0.05) is 0 Å². The van der Waals surface area contributed by atoms with Gasteiger partial charge in [-0.05, 0) is 20.8 Å². The SMILES string of the molecule is CC(CC(N)=O)Nc1ncnc(OC(C)C)c1N. The number of ether oxygens (including phenoxy) is 1. The average molecular weight is 253 g/mol. The van der Waals surface area contributed by atoms with E-state index in [1.165, 1.54) is 6.33 Å². The van der Waals surface area contributed by atoms with Gasteiger partial charge in [0.25, 0.3) is 0 Å². The normalized spacial score (nSPS) is 12.2. The van der Waals surface area contributed by atoms with E-state index in [1.807, 2.05) is 20.8 Å². The number of carbonyl (C=O) groups excluding carboxylic acids is 1. The second-order valence-electron chi connectivity index (χ2n) is 4.32. The summed E-state index contributed by atoms with van der Waals surface area (Å²) < 4.78 is 5.44. The van der Waals surface area contributed by atoms with Gasteiger partial charge in [-0.15, -0.1) is 0 Å². The van der Waals surface area contributed by atoms with Gasteiger partial charge in [0.15, 0.2) is 5.82 Å². The van der Waals surface area contributed by atoms with E-state index in [-0.39, 0.29) is 24.5 Å². The molecule has 1 heterocycles. The third-order valence-electron chi connectivity index (χ3n) is 2.09. The second-order valence-corrected chi connectivity index (χ2v) is 4.32. The number of nitrogens with one attached hydrogen (secondary N) is 1. The van der Waals surface area contributed by atoms with Crippen molar-refractivity contribution in [3.05, 3.63) is 6.33 Å². The third kappa shape index (κ3) is 4.08. The summed E-state index contributed by atoms with van der Waals surface area (Å²) >= 11 is 0. The fourth-order valence-electron chi connectivity index (χ4n) is 1.40. The summed E-state index contributed by atoms with van der Waals surface area (Å²) in [6, 6.07) is -0.161. The van der Waals surface area contributed by atoms with E-state index in [0.717, 1.165) is 0 Å². The van der Waals surface area contributed by atoms with E-state index in [1.54, 1.807) is 0 Å². The Morgan fingerprint density at radius 1 is 1.44 bits per heavy atom. The van der Waals surface area contributed by atoms with Crippen LogP contribution in [0, 0.1) is 0 Å². The molecule has 0 spiro atoms. The molecule has 0 radical (unpaired) electrons. The molecule has 1 aromatic rings. The first kappa shape index (κ1) is 14.0. The standard InChI is InChI=1S/C11H19N5O2/c1-6(2)18-11-9(13)10(14-5-15-11)16-7(3)4-8(12)17/h5-7H,4,13H2,1-3H3,(H2,12,17)(H,14,15,16). The van der Waals surface area contributed by atoms with Crippen LogP contribution in [-0.2, 0) is 4.79 Å². The van der Waals surface area contributed by atoms with Crippen LogP contribution in [0.15, 0.2) is 6.33 Å². The molecular weight excluding hydrogens is 234 g/mol. The number of aromatic nitrogens is 2. The predicted molar refractivity (Wildman–Crippen MR) is 69.1 cm³/mol. The number of amides is 1. The Balaban J connectivity index is 2.80. The maximum Gasteiger partial charge on any atom is 0.242 e. The second kappa shape index (κ2) is 6.04. The molecule has 1 aromatic heterocycles. The van der Waals surface area contributed by atoms with Gasteiger partial charge in [0.2, 0.25) is 11.8 Å². The van der Waals surface area contributed by atoms with Crippen LogP contribution in [-0.4, -0.2) is 28.0 Å². The molecule has 0 aliphatic heterocycles. The van der Waals surface area contributed by atoms with Gasteiger partial charge >= 0.3 is 0 Å². The summed E-state index contributed by atoms with van der Waals surface area (Å²) in [5, 5.41) is 3.00. The molecule has 0 aliphatic carbocycles. The first-order chi connectivity index (χ1) is 8.40. The summed E-state index contributed by atoms with van der Waals surface area (Å²) in [7, 11) is 0. The maximum absolute atomic E-state index is 10.8. The maximum atomic E-state index is 10.8. The molecule has 0 fully saturated rings. The highest BCUT2D eigenvalue weighted by atomic mass is 16.5. The Kier molecular flexibility index (Phi) is 4.70. The molecule has 5 N–H and O–H groups in total. The van der Waals surface area contributed by atoms with E-state index in [4.69, 9.17) is 16.2 Å². The van der Waals surface area contributed by atoms with Gasteiger partial charge < -0.3 is 21.5 Å². The third-order valence-corrected chi connectivity index (χ3v) is 2.09. The van der Waals surface area contributed by atoms with Crippen molar-refractivity contribution < 1.29 is 9.53 Å². The Bertz CT molecular complexity index is 422. The molecule has 18 heavy (non-hydrogen) atoms. The van der Waals surface area contributed by atoms with Gasteiger partial charge in [-0.3, -0.25) is 4.79 Å². The number of primary amides is 1. The number of anilines is 2. The van der Waals surface area contributed by atoms with Crippen LogP contribution in [0.1, 0.15) is 27.2 Å². The number of hydrogen-bond acceptors (Lipinski definition) is 6. The van der Waals surface area contributed by atoms with Crippen LogP contribution in [0.5, 0.6) is 5.88 Å². The van der Waals surface area contributed by atoms with Crippen molar-refractivity contribution in [1.29, 1.82) is 0 Å². The molecule has 1 rings (SSSR count). The predicted octanol–water partition coefficient (Wildman–Crippen LogP) is 0.522. The molecule has 7 nitrogen and oxygen atoms in total. The van der Waals surface area contributed by atoms with Crippen molar-refractivity contribution in [2.75, 3.05) is 11.1 Å². The van der Waals surface area contributed by atoms with E-state index >= 15 is 0 Å². The van der Waals surface area contributed by atoms with Crippen molar-refractivity contribution in [3.63, 3.8) is 0 Å². The largest absolute Gasteiger partial charge is 0.473 e. The molecule has 0 aromatic carbocycles. The molecule has 7 heteroatoms. The van der Waals surface area contributed by atoms with E-state index in [9.17, 15) is 4.79 Å². The number of nitrogens with zero attached hydrogens (tertiary/aromatic N) is 2. The Morgan fingerprint density at radius 3 is 2.67 bits per heavy atom. The summed E-state index contributed by atoms with van der Waals surface area (Å²) in [4.78, 5) is 18.8. The van der Waals surface area contributed by atoms with Crippen molar-refractivity contribution in [2.24, 2.45) is 5.73 Å². The van der Waals surface area contributed by atoms with E-state index in [0.29, 0.717) is 17.4 Å². The van der Waals surface area contributed by atoms with Gasteiger partial charge in [-0.25, -0.2) is 4.98 Å². The van der Waals surface area contributed by atoms with Crippen LogP contribution >= 0.6 is 0 Å². The minimum absolute atomic E-state index is 0.0295. The molecule has 100 valence electrons. The van der Waals surface area contributed by atoms with E-state index < -0.39 is 0 Å². The van der Waals surface area contributed by atoms with Crippen molar-refractivity contribution in [3.8, 4) is 5.88 Å². The molecule has 0 saturated carbocycles. The van der Waals surface area contributed by atoms with Crippen molar-refractivity contribution in [2.45, 2.75) is 39.3 Å². The van der Waals surface area contributed by atoms with Crippen molar-refractivity contribution in [1.82, 2.24) is 9.97 Å². The topological polar surface area (TPSA) is 116 Å². The fraction of sp³-hybridized carbons (Fsp3) is 0.545. The van der Waals surface area contributed by atoms with Crippen LogP contribution < -0.4 is 21.5 Å². The highest BCUT2D eigenvalue weighted by Gasteiger charge is 2.13. The lowest BCUT2D eigenvalue weighted by molar-refractivity contribution is -0.118. The molecule has 0 bridgehead atoms. The van der Waals surface area contributed by atoms with Gasteiger partial charge in [0, 0.05) is 12.5 Å².